The molecule has 0 unspecified atom stereocenters. The van der Waals surface area contributed by atoms with E-state index in [0.29, 0.717) is 19.0 Å². The summed E-state index contributed by atoms with van der Waals surface area (Å²) in [6, 6.07) is 5.99. The second kappa shape index (κ2) is 13.0. The molecule has 32 heavy (non-hydrogen) atoms. The van der Waals surface area contributed by atoms with Crippen LogP contribution in [0.25, 0.3) is 10.9 Å². The lowest BCUT2D eigenvalue weighted by Gasteiger charge is -2.17. The second-order valence-electron chi connectivity index (χ2n) is 8.83. The van der Waals surface area contributed by atoms with Crippen LogP contribution < -0.4 is 19.9 Å². The molecule has 0 spiro atoms. The molecule has 5 heteroatoms. The fourth-order valence-corrected chi connectivity index (χ4v) is 3.45. The van der Waals surface area contributed by atoms with Gasteiger partial charge in [-0.2, -0.15) is 0 Å². The van der Waals surface area contributed by atoms with Gasteiger partial charge in [0, 0.05) is 25.2 Å². The Morgan fingerprint density at radius 2 is 1.81 bits per heavy atom. The standard InChI is InChI=1S/C27H40N2O3/c1-7-8-9-10-17-31-25-23-15-14-22(29(5)6)19-24(23)28-27(30)26(25)32-18-16-21(4)13-11-12-20(2)3/h12,14-16,19H,7-11,13,17-18H2,1-6H3,(H,28,30). The highest BCUT2D eigenvalue weighted by atomic mass is 16.5. The van der Waals surface area contributed by atoms with E-state index in [4.69, 9.17) is 9.47 Å². The van der Waals surface area contributed by atoms with Gasteiger partial charge in [0.25, 0.3) is 5.56 Å². The average Bonchev–Trinajstić information content (AvgIpc) is 2.74. The Labute approximate surface area is 193 Å². The van der Waals surface area contributed by atoms with E-state index in [1.165, 1.54) is 24.0 Å². The zero-order valence-electron chi connectivity index (χ0n) is 20.7. The van der Waals surface area contributed by atoms with E-state index in [-0.39, 0.29) is 11.3 Å². The van der Waals surface area contributed by atoms with Crippen molar-refractivity contribution >= 4 is 16.6 Å². The lowest BCUT2D eigenvalue weighted by molar-refractivity contribution is 0.277. The van der Waals surface area contributed by atoms with Gasteiger partial charge in [0.05, 0.1) is 12.1 Å². The Bertz CT molecular complexity index is 982. The molecule has 1 aromatic carbocycles. The predicted molar refractivity (Wildman–Crippen MR) is 136 cm³/mol. The largest absolute Gasteiger partial charge is 0.489 e. The number of hydrogen-bond acceptors (Lipinski definition) is 4. The van der Waals surface area contributed by atoms with Crippen molar-refractivity contribution in [1.82, 2.24) is 4.98 Å². The van der Waals surface area contributed by atoms with Gasteiger partial charge in [-0.15, -0.1) is 0 Å². The molecule has 0 atom stereocenters. The lowest BCUT2D eigenvalue weighted by atomic mass is 10.1. The van der Waals surface area contributed by atoms with Crippen molar-refractivity contribution in [2.24, 2.45) is 0 Å². The zero-order chi connectivity index (χ0) is 23.5. The van der Waals surface area contributed by atoms with Crippen LogP contribution in [0, 0.1) is 0 Å². The number of ether oxygens (including phenoxy) is 2. The molecule has 176 valence electrons. The molecule has 0 saturated heterocycles. The first-order chi connectivity index (χ1) is 15.3. The monoisotopic (exact) mass is 440 g/mol. The first kappa shape index (κ1) is 25.6. The number of allylic oxidation sites excluding steroid dienone is 3. The molecule has 0 fully saturated rings. The number of nitrogens with zero attached hydrogens (tertiary/aromatic N) is 1. The number of anilines is 1. The van der Waals surface area contributed by atoms with Gasteiger partial charge < -0.3 is 19.4 Å². The number of benzene rings is 1. The van der Waals surface area contributed by atoms with E-state index >= 15 is 0 Å². The Morgan fingerprint density at radius 3 is 2.50 bits per heavy atom. The van der Waals surface area contributed by atoms with E-state index < -0.39 is 0 Å². The molecular weight excluding hydrogens is 400 g/mol. The second-order valence-corrected chi connectivity index (χ2v) is 8.83. The van der Waals surface area contributed by atoms with Crippen LogP contribution in [-0.4, -0.2) is 32.3 Å². The average molecular weight is 441 g/mol. The SMILES string of the molecule is CCCCCCOc1c(OCC=C(C)CCC=C(C)C)c(=O)[nH]c2cc(N(C)C)ccc12. The third kappa shape index (κ3) is 7.77. The minimum atomic E-state index is -0.257. The minimum absolute atomic E-state index is 0.257. The van der Waals surface area contributed by atoms with Gasteiger partial charge in [-0.25, -0.2) is 0 Å². The molecule has 1 heterocycles. The molecule has 0 amide bonds. The van der Waals surface area contributed by atoms with Gasteiger partial charge in [-0.3, -0.25) is 4.79 Å². The van der Waals surface area contributed by atoms with Crippen molar-refractivity contribution in [2.75, 3.05) is 32.2 Å². The third-order valence-corrected chi connectivity index (χ3v) is 5.42. The van der Waals surface area contributed by atoms with Crippen molar-refractivity contribution in [3.05, 3.63) is 51.9 Å². The quantitative estimate of drug-likeness (QED) is 0.281. The molecule has 1 N–H and O–H groups in total. The van der Waals surface area contributed by atoms with Crippen LogP contribution in [0.3, 0.4) is 0 Å². The van der Waals surface area contributed by atoms with Gasteiger partial charge in [0.1, 0.15) is 6.61 Å². The molecule has 2 rings (SSSR count). The molecule has 5 nitrogen and oxygen atoms in total. The van der Waals surface area contributed by atoms with Crippen LogP contribution in [0.2, 0.25) is 0 Å². The maximum Gasteiger partial charge on any atom is 0.294 e. The maximum absolute atomic E-state index is 12.9. The number of aromatic nitrogens is 1. The van der Waals surface area contributed by atoms with Crippen LogP contribution in [0.15, 0.2) is 46.3 Å². The van der Waals surface area contributed by atoms with E-state index in [1.807, 2.05) is 43.3 Å². The van der Waals surface area contributed by atoms with Crippen LogP contribution in [0.5, 0.6) is 11.5 Å². The molecule has 0 bridgehead atoms. The van der Waals surface area contributed by atoms with Crippen LogP contribution in [0.1, 0.15) is 66.2 Å². The number of nitrogens with one attached hydrogen (secondary N) is 1. The summed E-state index contributed by atoms with van der Waals surface area (Å²) in [5.74, 6) is 0.806. The first-order valence-corrected chi connectivity index (χ1v) is 11.8. The molecule has 2 aromatic rings. The minimum Gasteiger partial charge on any atom is -0.489 e. The zero-order valence-corrected chi connectivity index (χ0v) is 20.7. The van der Waals surface area contributed by atoms with Gasteiger partial charge in [-0.1, -0.05) is 43.4 Å². The van der Waals surface area contributed by atoms with Crippen molar-refractivity contribution in [1.29, 1.82) is 0 Å². The molecular formula is C27H40N2O3. The Balaban J connectivity index is 2.26. The fraction of sp³-hybridized carbons (Fsp3) is 0.519. The van der Waals surface area contributed by atoms with Gasteiger partial charge >= 0.3 is 0 Å². The smallest absolute Gasteiger partial charge is 0.294 e. The lowest BCUT2D eigenvalue weighted by Crippen LogP contribution is -2.15. The number of hydrogen-bond donors (Lipinski definition) is 1. The highest BCUT2D eigenvalue weighted by Crippen LogP contribution is 2.33. The van der Waals surface area contributed by atoms with Crippen molar-refractivity contribution in [2.45, 2.75) is 66.2 Å². The summed E-state index contributed by atoms with van der Waals surface area (Å²) in [5, 5.41) is 0.866. The number of pyridine rings is 1. The van der Waals surface area contributed by atoms with Gasteiger partial charge in [0.2, 0.25) is 5.75 Å². The highest BCUT2D eigenvalue weighted by Gasteiger charge is 2.16. The number of aromatic amines is 1. The van der Waals surface area contributed by atoms with E-state index in [0.717, 1.165) is 42.3 Å². The van der Waals surface area contributed by atoms with Crippen LogP contribution in [0.4, 0.5) is 5.69 Å². The maximum atomic E-state index is 12.9. The Kier molecular flexibility index (Phi) is 10.4. The number of unbranched alkanes of at least 4 members (excludes halogenated alkanes) is 3. The van der Waals surface area contributed by atoms with Crippen LogP contribution in [-0.2, 0) is 0 Å². The summed E-state index contributed by atoms with van der Waals surface area (Å²) in [5.41, 5.74) is 4.09. The summed E-state index contributed by atoms with van der Waals surface area (Å²) in [6.07, 6.45) is 10.7. The number of rotatable bonds is 13. The third-order valence-electron chi connectivity index (χ3n) is 5.42. The summed E-state index contributed by atoms with van der Waals surface area (Å²) in [4.78, 5) is 17.9. The summed E-state index contributed by atoms with van der Waals surface area (Å²) in [7, 11) is 3.96. The molecule has 0 aliphatic carbocycles. The summed E-state index contributed by atoms with van der Waals surface area (Å²) in [6.45, 7) is 9.42. The Hall–Kier alpha value is -2.69. The van der Waals surface area contributed by atoms with Gasteiger partial charge in [0.15, 0.2) is 5.75 Å². The van der Waals surface area contributed by atoms with Crippen molar-refractivity contribution in [3.8, 4) is 11.5 Å². The highest BCUT2D eigenvalue weighted by molar-refractivity contribution is 5.89. The van der Waals surface area contributed by atoms with Crippen molar-refractivity contribution < 1.29 is 9.47 Å². The first-order valence-electron chi connectivity index (χ1n) is 11.8. The normalized spacial score (nSPS) is 11.5. The summed E-state index contributed by atoms with van der Waals surface area (Å²) < 4.78 is 12.1. The van der Waals surface area contributed by atoms with E-state index in [2.05, 4.69) is 38.8 Å². The summed E-state index contributed by atoms with van der Waals surface area (Å²) >= 11 is 0. The molecule has 0 aliphatic rings. The van der Waals surface area contributed by atoms with Crippen LogP contribution >= 0.6 is 0 Å². The van der Waals surface area contributed by atoms with E-state index in [1.54, 1.807) is 0 Å². The van der Waals surface area contributed by atoms with E-state index in [9.17, 15) is 4.79 Å². The molecule has 0 aliphatic heterocycles. The van der Waals surface area contributed by atoms with Crippen molar-refractivity contribution in [3.63, 3.8) is 0 Å². The van der Waals surface area contributed by atoms with Gasteiger partial charge in [-0.05, 0) is 64.3 Å². The molecule has 0 radical (unpaired) electrons. The predicted octanol–water partition coefficient (Wildman–Crippen LogP) is 6.62. The molecule has 0 saturated carbocycles. The topological polar surface area (TPSA) is 54.6 Å². The Morgan fingerprint density at radius 1 is 1.03 bits per heavy atom. The number of fused-ring (bicyclic) bond motifs is 1. The number of H-pyrrole nitrogens is 1. The fourth-order valence-electron chi connectivity index (χ4n) is 3.45. The molecule has 1 aromatic heterocycles.